The lowest BCUT2D eigenvalue weighted by Crippen LogP contribution is -2.09. The van der Waals surface area contributed by atoms with Gasteiger partial charge in [0, 0.05) is 22.9 Å². The van der Waals surface area contributed by atoms with Gasteiger partial charge in [-0.25, -0.2) is 4.98 Å². The van der Waals surface area contributed by atoms with E-state index < -0.39 is 0 Å². The molecule has 1 N–H and O–H groups in total. The Morgan fingerprint density at radius 2 is 2.18 bits per heavy atom. The Balaban J connectivity index is 2.02. The fourth-order valence-electron chi connectivity index (χ4n) is 2.23. The second-order valence-corrected chi connectivity index (χ2v) is 6.01. The van der Waals surface area contributed by atoms with Gasteiger partial charge in [-0.15, -0.1) is 11.3 Å². The molecular formula is C14H16N2S. The predicted octanol–water partition coefficient (Wildman–Crippen LogP) is 3.84. The van der Waals surface area contributed by atoms with Crippen LogP contribution in [0.25, 0.3) is 11.3 Å². The first-order chi connectivity index (χ1) is 8.13. The Bertz CT molecular complexity index is 570. The highest BCUT2D eigenvalue weighted by Gasteiger charge is 2.23. The lowest BCUT2D eigenvalue weighted by molar-refractivity contribution is 0.897. The van der Waals surface area contributed by atoms with E-state index in [0.29, 0.717) is 6.04 Å². The smallest absolute Gasteiger partial charge is 0.183 e. The Labute approximate surface area is 106 Å². The van der Waals surface area contributed by atoms with E-state index in [1.54, 1.807) is 11.3 Å². The highest BCUT2D eigenvalue weighted by molar-refractivity contribution is 7.16. The fraction of sp³-hybridized carbons (Fsp3) is 0.357. The Kier molecular flexibility index (Phi) is 2.44. The van der Waals surface area contributed by atoms with Crippen molar-refractivity contribution in [3.63, 3.8) is 0 Å². The fourth-order valence-corrected chi connectivity index (χ4v) is 3.37. The molecule has 0 saturated heterocycles. The van der Waals surface area contributed by atoms with Crippen molar-refractivity contribution in [3.8, 4) is 11.3 Å². The van der Waals surface area contributed by atoms with Crippen LogP contribution in [-0.2, 0) is 6.42 Å². The number of benzene rings is 1. The summed E-state index contributed by atoms with van der Waals surface area (Å²) in [6.45, 7) is 6.42. The van der Waals surface area contributed by atoms with Gasteiger partial charge in [-0.1, -0.05) is 17.7 Å². The molecule has 2 aromatic rings. The van der Waals surface area contributed by atoms with Crippen LogP contribution in [0.5, 0.6) is 0 Å². The number of nitrogens with one attached hydrogen (secondary N) is 1. The molecule has 1 aromatic carbocycles. The minimum absolute atomic E-state index is 0.443. The van der Waals surface area contributed by atoms with Crippen LogP contribution in [0.15, 0.2) is 18.2 Å². The van der Waals surface area contributed by atoms with Gasteiger partial charge in [0.2, 0.25) is 0 Å². The zero-order valence-corrected chi connectivity index (χ0v) is 11.2. The number of thiazole rings is 1. The van der Waals surface area contributed by atoms with Crippen LogP contribution in [0.4, 0.5) is 5.13 Å². The first kappa shape index (κ1) is 10.8. The van der Waals surface area contributed by atoms with E-state index in [0.717, 1.165) is 11.6 Å². The highest BCUT2D eigenvalue weighted by atomic mass is 32.1. The summed E-state index contributed by atoms with van der Waals surface area (Å²) in [5, 5.41) is 4.44. The van der Waals surface area contributed by atoms with Crippen molar-refractivity contribution < 1.29 is 0 Å². The third kappa shape index (κ3) is 1.84. The molecule has 88 valence electrons. The molecule has 3 rings (SSSR count). The van der Waals surface area contributed by atoms with E-state index in [9.17, 15) is 0 Å². The molecule has 0 unspecified atom stereocenters. The van der Waals surface area contributed by atoms with E-state index in [2.05, 4.69) is 44.3 Å². The lowest BCUT2D eigenvalue weighted by Gasteiger charge is -2.05. The second kappa shape index (κ2) is 3.84. The largest absolute Gasteiger partial charge is 0.359 e. The maximum absolute atomic E-state index is 4.72. The number of rotatable bonds is 2. The van der Waals surface area contributed by atoms with Crippen LogP contribution >= 0.6 is 11.3 Å². The molecule has 0 amide bonds. The van der Waals surface area contributed by atoms with Gasteiger partial charge in [0.1, 0.15) is 0 Å². The maximum atomic E-state index is 4.72. The molecule has 0 aliphatic heterocycles. The van der Waals surface area contributed by atoms with Crippen molar-refractivity contribution in [1.82, 2.24) is 4.98 Å². The summed E-state index contributed by atoms with van der Waals surface area (Å²) >= 11 is 1.79. The van der Waals surface area contributed by atoms with Crippen molar-refractivity contribution in [2.45, 2.75) is 33.2 Å². The molecule has 1 aliphatic rings. The number of aryl methyl sites for hydroxylation is 1. The van der Waals surface area contributed by atoms with Crippen molar-refractivity contribution in [2.75, 3.05) is 5.32 Å². The third-order valence-electron chi connectivity index (χ3n) is 2.98. The molecule has 1 heterocycles. The molecule has 3 heteroatoms. The SMILES string of the molecule is Cc1ccc2c(c1)-c1nc(NC(C)C)sc1C2. The van der Waals surface area contributed by atoms with Gasteiger partial charge in [0.05, 0.1) is 5.69 Å². The zero-order valence-electron chi connectivity index (χ0n) is 10.4. The van der Waals surface area contributed by atoms with Gasteiger partial charge < -0.3 is 5.32 Å². The van der Waals surface area contributed by atoms with Crippen molar-refractivity contribution in [3.05, 3.63) is 34.2 Å². The number of anilines is 1. The Morgan fingerprint density at radius 3 is 2.94 bits per heavy atom. The summed E-state index contributed by atoms with van der Waals surface area (Å²) in [4.78, 5) is 6.12. The first-order valence-corrected chi connectivity index (χ1v) is 6.81. The summed E-state index contributed by atoms with van der Waals surface area (Å²) in [5.74, 6) is 0. The topological polar surface area (TPSA) is 24.9 Å². The lowest BCUT2D eigenvalue weighted by atomic mass is 10.1. The Morgan fingerprint density at radius 1 is 1.35 bits per heavy atom. The van der Waals surface area contributed by atoms with E-state index in [1.807, 2.05) is 0 Å². The van der Waals surface area contributed by atoms with E-state index in [-0.39, 0.29) is 0 Å². The molecular weight excluding hydrogens is 228 g/mol. The minimum atomic E-state index is 0.443. The molecule has 17 heavy (non-hydrogen) atoms. The number of nitrogens with zero attached hydrogens (tertiary/aromatic N) is 1. The summed E-state index contributed by atoms with van der Waals surface area (Å²) in [6.07, 6.45) is 1.04. The quantitative estimate of drug-likeness (QED) is 0.740. The number of hydrogen-bond acceptors (Lipinski definition) is 3. The third-order valence-corrected chi connectivity index (χ3v) is 3.97. The van der Waals surface area contributed by atoms with E-state index in [1.165, 1.54) is 27.3 Å². The van der Waals surface area contributed by atoms with Gasteiger partial charge >= 0.3 is 0 Å². The van der Waals surface area contributed by atoms with Gasteiger partial charge in [-0.05, 0) is 32.4 Å². The molecule has 0 saturated carbocycles. The monoisotopic (exact) mass is 244 g/mol. The van der Waals surface area contributed by atoms with Gasteiger partial charge in [-0.3, -0.25) is 0 Å². The van der Waals surface area contributed by atoms with Crippen LogP contribution in [-0.4, -0.2) is 11.0 Å². The summed E-state index contributed by atoms with van der Waals surface area (Å²) in [6, 6.07) is 7.11. The maximum Gasteiger partial charge on any atom is 0.183 e. The molecule has 2 nitrogen and oxygen atoms in total. The normalized spacial score (nSPS) is 12.7. The Hall–Kier alpha value is -1.35. The standard InChI is InChI=1S/C14H16N2S/c1-8(2)15-14-16-13-11-6-9(3)4-5-10(11)7-12(13)17-14/h4-6,8H,7H2,1-3H3,(H,15,16). The number of aromatic nitrogens is 1. The average Bonchev–Trinajstić information content (AvgIpc) is 2.74. The van der Waals surface area contributed by atoms with Gasteiger partial charge in [0.15, 0.2) is 5.13 Å². The van der Waals surface area contributed by atoms with E-state index in [4.69, 9.17) is 4.98 Å². The summed E-state index contributed by atoms with van der Waals surface area (Å²) in [7, 11) is 0. The molecule has 0 spiro atoms. The van der Waals surface area contributed by atoms with Crippen molar-refractivity contribution in [2.24, 2.45) is 0 Å². The molecule has 1 aromatic heterocycles. The molecule has 0 radical (unpaired) electrons. The van der Waals surface area contributed by atoms with Crippen molar-refractivity contribution >= 4 is 16.5 Å². The predicted molar refractivity (Wildman–Crippen MR) is 73.9 cm³/mol. The van der Waals surface area contributed by atoms with E-state index >= 15 is 0 Å². The summed E-state index contributed by atoms with van der Waals surface area (Å²) < 4.78 is 0. The second-order valence-electron chi connectivity index (χ2n) is 4.93. The van der Waals surface area contributed by atoms with Crippen molar-refractivity contribution in [1.29, 1.82) is 0 Å². The summed E-state index contributed by atoms with van der Waals surface area (Å²) in [5.41, 5.74) is 5.24. The molecule has 1 aliphatic carbocycles. The van der Waals surface area contributed by atoms with Crippen LogP contribution in [0.1, 0.15) is 29.9 Å². The average molecular weight is 244 g/mol. The van der Waals surface area contributed by atoms with Crippen LogP contribution in [0.2, 0.25) is 0 Å². The highest BCUT2D eigenvalue weighted by Crippen LogP contribution is 2.41. The van der Waals surface area contributed by atoms with Crippen LogP contribution in [0.3, 0.4) is 0 Å². The van der Waals surface area contributed by atoms with Gasteiger partial charge in [0.25, 0.3) is 0 Å². The minimum Gasteiger partial charge on any atom is -0.359 e. The molecule has 0 fully saturated rings. The zero-order chi connectivity index (χ0) is 12.0. The number of hydrogen-bond donors (Lipinski definition) is 1. The molecule has 0 atom stereocenters. The first-order valence-electron chi connectivity index (χ1n) is 5.99. The van der Waals surface area contributed by atoms with Crippen LogP contribution < -0.4 is 5.32 Å². The van der Waals surface area contributed by atoms with Crippen LogP contribution in [0, 0.1) is 6.92 Å². The van der Waals surface area contributed by atoms with Gasteiger partial charge in [-0.2, -0.15) is 0 Å². The number of fused-ring (bicyclic) bond motifs is 3. The molecule has 0 bridgehead atoms.